The summed E-state index contributed by atoms with van der Waals surface area (Å²) in [5.74, 6) is -0.768. The van der Waals surface area contributed by atoms with Crippen LogP contribution in [0.4, 0.5) is 5.69 Å². The third-order valence-electron chi connectivity index (χ3n) is 1.94. The molecule has 0 saturated heterocycles. The normalized spacial score (nSPS) is 13.6. The van der Waals surface area contributed by atoms with Crippen molar-refractivity contribution in [3.8, 4) is 6.07 Å². The number of carbonyl (C=O) groups is 1. The van der Waals surface area contributed by atoms with Gasteiger partial charge in [0.15, 0.2) is 0 Å². The fourth-order valence-corrected chi connectivity index (χ4v) is 1.46. The molecule has 1 atom stereocenters. The molecule has 0 radical (unpaired) electrons. The highest BCUT2D eigenvalue weighted by Crippen LogP contribution is 2.20. The number of halogens is 2. The number of alkyl halides is 1. The van der Waals surface area contributed by atoms with Crippen molar-refractivity contribution < 1.29 is 9.90 Å². The molecule has 0 saturated carbocycles. The largest absolute Gasteiger partial charge is 0.367 e. The molecule has 0 aliphatic heterocycles. The second-order valence-electron chi connectivity index (χ2n) is 3.32. The molecular weight excluding hydrogens is 309 g/mol. The quantitative estimate of drug-likeness (QED) is 0.576. The lowest BCUT2D eigenvalue weighted by atomic mass is 10.2. The van der Waals surface area contributed by atoms with Gasteiger partial charge in [0.2, 0.25) is 5.72 Å². The fourth-order valence-electron chi connectivity index (χ4n) is 0.984. The summed E-state index contributed by atoms with van der Waals surface area (Å²) in [7, 11) is 0. The molecule has 1 aromatic rings. The molecule has 1 amide bonds. The van der Waals surface area contributed by atoms with Crippen LogP contribution in [0, 0.1) is 11.3 Å². The Morgan fingerprint density at radius 1 is 1.71 bits per heavy atom. The number of hydrogen-bond acceptors (Lipinski definition) is 4. The van der Waals surface area contributed by atoms with Gasteiger partial charge in [-0.25, -0.2) is 0 Å². The van der Waals surface area contributed by atoms with Gasteiger partial charge >= 0.3 is 0 Å². The topological polar surface area (TPSA) is 99.1 Å². The average Bonchev–Trinajstić information content (AvgIpc) is 2.29. The average molecular weight is 319 g/mol. The molecule has 0 unspecified atom stereocenters. The van der Waals surface area contributed by atoms with E-state index >= 15 is 0 Å². The van der Waals surface area contributed by atoms with Crippen LogP contribution in [0.25, 0.3) is 0 Å². The van der Waals surface area contributed by atoms with Crippen LogP contribution in [-0.2, 0) is 4.79 Å². The highest BCUT2D eigenvalue weighted by atomic mass is 79.9. The number of hydrogen-bond donors (Lipinski definition) is 3. The molecule has 90 valence electrons. The van der Waals surface area contributed by atoms with Crippen molar-refractivity contribution in [2.75, 3.05) is 10.6 Å². The summed E-state index contributed by atoms with van der Waals surface area (Å²) in [6.45, 7) is 0. The van der Waals surface area contributed by atoms with Gasteiger partial charge in [-0.2, -0.15) is 5.26 Å². The zero-order valence-corrected chi connectivity index (χ0v) is 10.9. The number of nitriles is 1. The van der Waals surface area contributed by atoms with Crippen LogP contribution in [0.5, 0.6) is 0 Å². The van der Waals surface area contributed by atoms with Crippen molar-refractivity contribution in [3.63, 3.8) is 0 Å². The second kappa shape index (κ2) is 5.47. The third-order valence-corrected chi connectivity index (χ3v) is 3.11. The number of benzene rings is 1. The summed E-state index contributed by atoms with van der Waals surface area (Å²) in [5.41, 5.74) is 3.96. The lowest BCUT2D eigenvalue weighted by Gasteiger charge is -2.19. The van der Waals surface area contributed by atoms with Crippen LogP contribution in [-0.4, -0.2) is 22.1 Å². The Morgan fingerprint density at radius 3 is 2.82 bits per heavy atom. The highest BCUT2D eigenvalue weighted by molar-refractivity contribution is 9.09. The van der Waals surface area contributed by atoms with E-state index in [0.717, 1.165) is 0 Å². The molecule has 0 aliphatic carbocycles. The predicted octanol–water partition coefficient (Wildman–Crippen LogP) is 1.19. The number of carbonyl (C=O) groups excluding carboxylic acids is 1. The Labute approximate surface area is 111 Å². The monoisotopic (exact) mass is 317 g/mol. The number of aliphatic hydroxyl groups is 1. The summed E-state index contributed by atoms with van der Waals surface area (Å²) < 4.78 is 0. The van der Waals surface area contributed by atoms with Crippen molar-refractivity contribution in [1.82, 2.24) is 0 Å². The van der Waals surface area contributed by atoms with Gasteiger partial charge in [-0.15, -0.1) is 0 Å². The van der Waals surface area contributed by atoms with Crippen molar-refractivity contribution in [1.29, 1.82) is 5.26 Å². The standard InChI is InChI=1S/C10H9BrClN3O2/c11-5-10(14,17)9(16)15-7-2-1-6(4-13)8(12)3-7/h1-3,17H,5,14H2,(H,15,16)/t10-/m0/s1. The summed E-state index contributed by atoms with van der Waals surface area (Å²) in [6.07, 6.45) is 0. The van der Waals surface area contributed by atoms with Gasteiger partial charge in [-0.1, -0.05) is 27.5 Å². The zero-order valence-electron chi connectivity index (χ0n) is 8.58. The van der Waals surface area contributed by atoms with Crippen molar-refractivity contribution in [2.45, 2.75) is 5.72 Å². The van der Waals surface area contributed by atoms with Crippen molar-refractivity contribution in [2.24, 2.45) is 5.73 Å². The lowest BCUT2D eigenvalue weighted by molar-refractivity contribution is -0.131. The second-order valence-corrected chi connectivity index (χ2v) is 4.29. The molecule has 0 bridgehead atoms. The van der Waals surface area contributed by atoms with Gasteiger partial charge in [0.1, 0.15) is 6.07 Å². The Morgan fingerprint density at radius 2 is 2.35 bits per heavy atom. The molecule has 7 heteroatoms. The van der Waals surface area contributed by atoms with Gasteiger partial charge in [0.05, 0.1) is 15.9 Å². The van der Waals surface area contributed by atoms with Crippen LogP contribution in [0.2, 0.25) is 5.02 Å². The van der Waals surface area contributed by atoms with Crippen molar-refractivity contribution in [3.05, 3.63) is 28.8 Å². The fraction of sp³-hybridized carbons (Fsp3) is 0.200. The Hall–Kier alpha value is -1.13. The molecule has 0 heterocycles. The zero-order chi connectivity index (χ0) is 13.1. The predicted molar refractivity (Wildman–Crippen MR) is 67.7 cm³/mol. The number of amides is 1. The van der Waals surface area contributed by atoms with E-state index in [1.165, 1.54) is 18.2 Å². The number of nitrogens with two attached hydrogens (primary N) is 1. The number of anilines is 1. The minimum atomic E-state index is -2.00. The van der Waals surface area contributed by atoms with Crippen LogP contribution >= 0.6 is 27.5 Å². The Bertz CT molecular complexity index is 485. The minimum Gasteiger partial charge on any atom is -0.367 e. The summed E-state index contributed by atoms with van der Waals surface area (Å²) in [5, 5.41) is 20.6. The first-order chi connectivity index (χ1) is 7.90. The molecule has 1 rings (SSSR count). The lowest BCUT2D eigenvalue weighted by Crippen LogP contribution is -2.52. The van der Waals surface area contributed by atoms with E-state index in [2.05, 4.69) is 21.2 Å². The minimum absolute atomic E-state index is 0.101. The first kappa shape index (κ1) is 13.9. The van der Waals surface area contributed by atoms with Crippen LogP contribution in [0.3, 0.4) is 0 Å². The van der Waals surface area contributed by atoms with Crippen molar-refractivity contribution >= 4 is 39.1 Å². The summed E-state index contributed by atoms with van der Waals surface area (Å²) >= 11 is 8.70. The summed E-state index contributed by atoms with van der Waals surface area (Å²) in [6, 6.07) is 6.25. The van der Waals surface area contributed by atoms with E-state index in [0.29, 0.717) is 11.3 Å². The molecule has 4 N–H and O–H groups in total. The van der Waals surface area contributed by atoms with E-state index in [1.807, 2.05) is 6.07 Å². The first-order valence-corrected chi connectivity index (χ1v) is 5.99. The maximum atomic E-state index is 11.5. The molecule has 1 aromatic carbocycles. The number of nitrogens with one attached hydrogen (secondary N) is 1. The van der Waals surface area contributed by atoms with E-state index in [9.17, 15) is 9.90 Å². The van der Waals surface area contributed by atoms with Gasteiger partial charge in [-0.3, -0.25) is 10.5 Å². The van der Waals surface area contributed by atoms with Crippen LogP contribution < -0.4 is 11.1 Å². The van der Waals surface area contributed by atoms with Crippen LogP contribution in [0.15, 0.2) is 18.2 Å². The Kier molecular flexibility index (Phi) is 4.48. The molecular formula is C10H9BrClN3O2. The number of rotatable bonds is 3. The molecule has 5 nitrogen and oxygen atoms in total. The van der Waals surface area contributed by atoms with E-state index in [4.69, 9.17) is 22.6 Å². The SMILES string of the molecule is N#Cc1ccc(NC(=O)[C@@](N)(O)CBr)cc1Cl. The molecule has 17 heavy (non-hydrogen) atoms. The maximum Gasteiger partial charge on any atom is 0.272 e. The number of nitrogens with zero attached hydrogens (tertiary/aromatic N) is 1. The van der Waals surface area contributed by atoms with Gasteiger partial charge < -0.3 is 10.4 Å². The van der Waals surface area contributed by atoms with E-state index in [-0.39, 0.29) is 10.4 Å². The Balaban J connectivity index is 2.88. The van der Waals surface area contributed by atoms with Gasteiger partial charge in [-0.05, 0) is 18.2 Å². The smallest absolute Gasteiger partial charge is 0.272 e. The maximum absolute atomic E-state index is 11.5. The van der Waals surface area contributed by atoms with Gasteiger partial charge in [0.25, 0.3) is 5.91 Å². The van der Waals surface area contributed by atoms with Gasteiger partial charge in [0, 0.05) is 5.69 Å². The van der Waals surface area contributed by atoms with Crippen LogP contribution in [0.1, 0.15) is 5.56 Å². The van der Waals surface area contributed by atoms with E-state index in [1.54, 1.807) is 0 Å². The third kappa shape index (κ3) is 3.41. The molecule has 0 aliphatic rings. The first-order valence-electron chi connectivity index (χ1n) is 4.49. The summed E-state index contributed by atoms with van der Waals surface area (Å²) in [4.78, 5) is 11.5. The van der Waals surface area contributed by atoms with E-state index < -0.39 is 11.6 Å². The molecule has 0 spiro atoms. The molecule has 0 fully saturated rings. The molecule has 0 aromatic heterocycles. The highest BCUT2D eigenvalue weighted by Gasteiger charge is 2.29.